The van der Waals surface area contributed by atoms with Gasteiger partial charge in [-0.25, -0.2) is 0 Å². The van der Waals surface area contributed by atoms with Gasteiger partial charge in [0.1, 0.15) is 0 Å². The van der Waals surface area contributed by atoms with E-state index in [1.807, 2.05) is 36.4 Å². The highest BCUT2D eigenvalue weighted by atomic mass is 16.5. The van der Waals surface area contributed by atoms with Gasteiger partial charge in [0, 0.05) is 29.4 Å². The van der Waals surface area contributed by atoms with Crippen LogP contribution in [0.1, 0.15) is 30.1 Å². The molecule has 4 nitrogen and oxygen atoms in total. The molecule has 0 fully saturated rings. The van der Waals surface area contributed by atoms with Gasteiger partial charge < -0.3 is 15.2 Å². The zero-order chi connectivity index (χ0) is 14.5. The Morgan fingerprint density at radius 2 is 1.85 bits per heavy atom. The first-order valence-corrected chi connectivity index (χ1v) is 6.56. The summed E-state index contributed by atoms with van der Waals surface area (Å²) in [6, 6.07) is 11.4. The molecule has 0 aliphatic rings. The first kappa shape index (κ1) is 14.3. The van der Waals surface area contributed by atoms with Gasteiger partial charge in [0.2, 0.25) is 0 Å². The summed E-state index contributed by atoms with van der Waals surface area (Å²) in [6.07, 6.45) is 1.78. The number of benzene rings is 1. The lowest BCUT2D eigenvalue weighted by atomic mass is 9.91. The third-order valence-corrected chi connectivity index (χ3v) is 3.49. The first-order valence-electron chi connectivity index (χ1n) is 6.56. The van der Waals surface area contributed by atoms with Gasteiger partial charge in [0.05, 0.1) is 14.2 Å². The number of hydrogen-bond donors (Lipinski definition) is 1. The molecule has 0 saturated carbocycles. The topological polar surface area (TPSA) is 57.4 Å². The number of ether oxygens (including phenoxy) is 2. The van der Waals surface area contributed by atoms with Crippen LogP contribution < -0.4 is 15.2 Å². The van der Waals surface area contributed by atoms with Crippen molar-refractivity contribution >= 4 is 0 Å². The maximum atomic E-state index is 6.39. The molecular weight excluding hydrogens is 252 g/mol. The molecule has 0 saturated heterocycles. The smallest absolute Gasteiger partial charge is 0.165 e. The third kappa shape index (κ3) is 2.75. The van der Waals surface area contributed by atoms with Crippen LogP contribution in [0.4, 0.5) is 0 Å². The average molecular weight is 272 g/mol. The summed E-state index contributed by atoms with van der Waals surface area (Å²) in [6.45, 7) is 2.06. The number of nitrogens with two attached hydrogens (primary N) is 1. The van der Waals surface area contributed by atoms with Gasteiger partial charge in [-0.3, -0.25) is 4.98 Å². The molecule has 2 aromatic rings. The molecule has 2 unspecified atom stereocenters. The number of nitrogens with zero attached hydrogens (tertiary/aromatic N) is 1. The van der Waals surface area contributed by atoms with E-state index in [0.29, 0.717) is 11.5 Å². The standard InChI is InChI=1S/C16H20N2O2/c1-11(13-8-4-5-10-18-13)15(17)12-7-6-9-14(19-2)16(12)20-3/h4-11,15H,17H2,1-3H3. The highest BCUT2D eigenvalue weighted by molar-refractivity contribution is 5.48. The largest absolute Gasteiger partial charge is 0.493 e. The van der Waals surface area contributed by atoms with Crippen molar-refractivity contribution in [2.45, 2.75) is 18.9 Å². The van der Waals surface area contributed by atoms with E-state index in [-0.39, 0.29) is 12.0 Å². The highest BCUT2D eigenvalue weighted by Crippen LogP contribution is 2.38. The van der Waals surface area contributed by atoms with Crippen molar-refractivity contribution in [3.05, 3.63) is 53.9 Å². The summed E-state index contributed by atoms with van der Waals surface area (Å²) >= 11 is 0. The van der Waals surface area contributed by atoms with E-state index in [4.69, 9.17) is 15.2 Å². The Labute approximate surface area is 119 Å². The van der Waals surface area contributed by atoms with Crippen molar-refractivity contribution in [2.24, 2.45) is 5.73 Å². The average Bonchev–Trinajstić information content (AvgIpc) is 2.53. The van der Waals surface area contributed by atoms with Crippen LogP contribution in [0.25, 0.3) is 0 Å². The lowest BCUT2D eigenvalue weighted by Gasteiger charge is -2.22. The predicted molar refractivity (Wildman–Crippen MR) is 79.1 cm³/mol. The molecule has 20 heavy (non-hydrogen) atoms. The third-order valence-electron chi connectivity index (χ3n) is 3.49. The van der Waals surface area contributed by atoms with E-state index in [1.165, 1.54) is 0 Å². The summed E-state index contributed by atoms with van der Waals surface area (Å²) in [5.74, 6) is 1.45. The molecule has 1 aromatic heterocycles. The van der Waals surface area contributed by atoms with Crippen LogP contribution in [-0.2, 0) is 0 Å². The minimum absolute atomic E-state index is 0.0807. The molecule has 106 valence electrons. The van der Waals surface area contributed by atoms with E-state index in [9.17, 15) is 0 Å². The summed E-state index contributed by atoms with van der Waals surface area (Å²) in [7, 11) is 3.24. The maximum absolute atomic E-state index is 6.39. The molecule has 0 amide bonds. The van der Waals surface area contributed by atoms with Crippen LogP contribution in [0, 0.1) is 0 Å². The fraction of sp³-hybridized carbons (Fsp3) is 0.312. The maximum Gasteiger partial charge on any atom is 0.165 e. The van der Waals surface area contributed by atoms with Crippen LogP contribution in [0.5, 0.6) is 11.5 Å². The molecule has 1 heterocycles. The Balaban J connectivity index is 2.36. The second-order valence-corrected chi connectivity index (χ2v) is 4.65. The lowest BCUT2D eigenvalue weighted by Crippen LogP contribution is -2.19. The second kappa shape index (κ2) is 6.39. The molecule has 0 bridgehead atoms. The van der Waals surface area contributed by atoms with Crippen LogP contribution in [-0.4, -0.2) is 19.2 Å². The Hall–Kier alpha value is -2.07. The SMILES string of the molecule is COc1cccc(C(N)C(C)c2ccccn2)c1OC. The van der Waals surface area contributed by atoms with E-state index >= 15 is 0 Å². The molecule has 0 spiro atoms. The van der Waals surface area contributed by atoms with E-state index in [1.54, 1.807) is 20.4 Å². The lowest BCUT2D eigenvalue weighted by molar-refractivity contribution is 0.347. The summed E-state index contributed by atoms with van der Waals surface area (Å²) in [5, 5.41) is 0. The van der Waals surface area contributed by atoms with Gasteiger partial charge >= 0.3 is 0 Å². The zero-order valence-corrected chi connectivity index (χ0v) is 12.0. The molecule has 0 aliphatic heterocycles. The highest BCUT2D eigenvalue weighted by Gasteiger charge is 2.22. The van der Waals surface area contributed by atoms with Gasteiger partial charge in [-0.2, -0.15) is 0 Å². The number of para-hydroxylation sites is 1. The molecule has 1 aromatic carbocycles. The van der Waals surface area contributed by atoms with E-state index in [0.717, 1.165) is 11.3 Å². The second-order valence-electron chi connectivity index (χ2n) is 4.65. The summed E-state index contributed by atoms with van der Waals surface area (Å²) in [4.78, 5) is 4.37. The molecule has 4 heteroatoms. The van der Waals surface area contributed by atoms with Crippen LogP contribution in [0.2, 0.25) is 0 Å². The van der Waals surface area contributed by atoms with E-state index < -0.39 is 0 Å². The van der Waals surface area contributed by atoms with Gasteiger partial charge in [0.15, 0.2) is 11.5 Å². The van der Waals surface area contributed by atoms with Crippen molar-refractivity contribution in [1.29, 1.82) is 0 Å². The van der Waals surface area contributed by atoms with Crippen LogP contribution in [0.3, 0.4) is 0 Å². The quantitative estimate of drug-likeness (QED) is 0.909. The molecule has 0 radical (unpaired) electrons. The Morgan fingerprint density at radius 1 is 1.05 bits per heavy atom. The summed E-state index contributed by atoms with van der Waals surface area (Å²) in [5.41, 5.74) is 8.28. The Morgan fingerprint density at radius 3 is 2.45 bits per heavy atom. The number of pyridine rings is 1. The normalized spacial score (nSPS) is 13.6. The van der Waals surface area contributed by atoms with E-state index in [2.05, 4.69) is 11.9 Å². The van der Waals surface area contributed by atoms with Gasteiger partial charge in [-0.1, -0.05) is 25.1 Å². The van der Waals surface area contributed by atoms with Crippen LogP contribution in [0.15, 0.2) is 42.6 Å². The van der Waals surface area contributed by atoms with Crippen molar-refractivity contribution in [3.63, 3.8) is 0 Å². The molecule has 2 rings (SSSR count). The number of aromatic nitrogens is 1. The monoisotopic (exact) mass is 272 g/mol. The van der Waals surface area contributed by atoms with Crippen molar-refractivity contribution < 1.29 is 9.47 Å². The number of methoxy groups -OCH3 is 2. The van der Waals surface area contributed by atoms with Crippen LogP contribution >= 0.6 is 0 Å². The molecule has 0 aliphatic carbocycles. The number of rotatable bonds is 5. The fourth-order valence-electron chi connectivity index (χ4n) is 2.27. The Bertz CT molecular complexity index is 558. The fourth-order valence-corrected chi connectivity index (χ4v) is 2.27. The van der Waals surface area contributed by atoms with Crippen molar-refractivity contribution in [3.8, 4) is 11.5 Å². The van der Waals surface area contributed by atoms with Gasteiger partial charge in [0.25, 0.3) is 0 Å². The van der Waals surface area contributed by atoms with Gasteiger partial charge in [-0.05, 0) is 18.2 Å². The van der Waals surface area contributed by atoms with Crippen molar-refractivity contribution in [2.75, 3.05) is 14.2 Å². The first-order chi connectivity index (χ1) is 9.69. The minimum atomic E-state index is -0.213. The zero-order valence-electron chi connectivity index (χ0n) is 12.0. The molecular formula is C16H20N2O2. The number of hydrogen-bond acceptors (Lipinski definition) is 4. The van der Waals surface area contributed by atoms with Crippen molar-refractivity contribution in [1.82, 2.24) is 4.98 Å². The van der Waals surface area contributed by atoms with Gasteiger partial charge in [-0.15, -0.1) is 0 Å². The summed E-state index contributed by atoms with van der Waals surface area (Å²) < 4.78 is 10.8. The predicted octanol–water partition coefficient (Wildman–Crippen LogP) is 2.90. The molecule has 2 atom stereocenters. The Kier molecular flexibility index (Phi) is 4.58. The minimum Gasteiger partial charge on any atom is -0.493 e. The molecule has 2 N–H and O–H groups in total.